The van der Waals surface area contributed by atoms with Gasteiger partial charge in [-0.2, -0.15) is 0 Å². The summed E-state index contributed by atoms with van der Waals surface area (Å²) in [7, 11) is 0. The fourth-order valence-electron chi connectivity index (χ4n) is 2.35. The smallest absolute Gasteiger partial charge is 0.130 e. The molecule has 0 amide bonds. The molecule has 1 aromatic rings. The van der Waals surface area contributed by atoms with Crippen LogP contribution < -0.4 is 0 Å². The number of aryl methyl sites for hydroxylation is 1. The van der Waals surface area contributed by atoms with Crippen LogP contribution in [0, 0.1) is 12.8 Å². The van der Waals surface area contributed by atoms with Gasteiger partial charge in [-0.25, -0.2) is 0 Å². The highest BCUT2D eigenvalue weighted by molar-refractivity contribution is 5.77. The van der Waals surface area contributed by atoms with Gasteiger partial charge in [0.2, 0.25) is 0 Å². The summed E-state index contributed by atoms with van der Waals surface area (Å²) in [4.78, 5) is 11.1. The molecule has 1 nitrogen and oxygen atoms in total. The van der Waals surface area contributed by atoms with Gasteiger partial charge >= 0.3 is 0 Å². The van der Waals surface area contributed by atoms with E-state index >= 15 is 0 Å². The Labute approximate surface area is 97.2 Å². The number of hydrogen-bond donors (Lipinski definition) is 0. The molecule has 1 atom stereocenters. The fourth-order valence-corrected chi connectivity index (χ4v) is 2.35. The predicted molar refractivity (Wildman–Crippen MR) is 67.2 cm³/mol. The van der Waals surface area contributed by atoms with Crippen molar-refractivity contribution < 1.29 is 4.79 Å². The van der Waals surface area contributed by atoms with Gasteiger partial charge < -0.3 is 4.79 Å². The zero-order valence-electron chi connectivity index (χ0n) is 9.99. The van der Waals surface area contributed by atoms with Gasteiger partial charge in [-0.05, 0) is 43.7 Å². The molecule has 1 aromatic carbocycles. The average Bonchev–Trinajstić information content (AvgIpc) is 2.66. The second kappa shape index (κ2) is 4.65. The van der Waals surface area contributed by atoms with Crippen LogP contribution in [-0.2, 0) is 4.79 Å². The Hall–Kier alpha value is -1.37. The molecule has 0 heterocycles. The summed E-state index contributed by atoms with van der Waals surface area (Å²) in [6.07, 6.45) is 5.13. The second-order valence-electron chi connectivity index (χ2n) is 4.81. The molecule has 0 aromatic heterocycles. The third-order valence-corrected chi connectivity index (χ3v) is 3.20. The molecular formula is C15H18O. The molecule has 84 valence electrons. The standard InChI is InChI=1S/C15H18O/c1-11-3-6-14(7-4-11)15-8-5-13(10-15)9-12(2)16/h3-4,6-8,13H,5,9-10H2,1-2H3. The van der Waals surface area contributed by atoms with E-state index in [1.807, 2.05) is 0 Å². The van der Waals surface area contributed by atoms with Crippen LogP contribution in [0.3, 0.4) is 0 Å². The highest BCUT2D eigenvalue weighted by atomic mass is 16.1. The molecule has 2 rings (SSSR count). The number of allylic oxidation sites excluding steroid dienone is 2. The largest absolute Gasteiger partial charge is 0.300 e. The first kappa shape index (κ1) is 11.1. The number of carbonyl (C=O) groups is 1. The van der Waals surface area contributed by atoms with Gasteiger partial charge in [0.1, 0.15) is 5.78 Å². The predicted octanol–water partition coefficient (Wildman–Crippen LogP) is 3.77. The van der Waals surface area contributed by atoms with Crippen molar-refractivity contribution in [1.29, 1.82) is 0 Å². The average molecular weight is 214 g/mol. The highest BCUT2D eigenvalue weighted by Crippen LogP contribution is 2.34. The molecule has 1 aliphatic rings. The Bertz CT molecular complexity index is 412. The summed E-state index contributed by atoms with van der Waals surface area (Å²) in [5, 5.41) is 0. The number of ketones is 1. The molecule has 1 unspecified atom stereocenters. The van der Waals surface area contributed by atoms with Crippen LogP contribution in [-0.4, -0.2) is 5.78 Å². The van der Waals surface area contributed by atoms with E-state index in [0.29, 0.717) is 11.7 Å². The van der Waals surface area contributed by atoms with Crippen LogP contribution in [0.4, 0.5) is 0 Å². The molecule has 0 spiro atoms. The summed E-state index contributed by atoms with van der Waals surface area (Å²) in [5.41, 5.74) is 4.02. The van der Waals surface area contributed by atoms with Crippen LogP contribution in [0.2, 0.25) is 0 Å². The molecule has 0 aliphatic heterocycles. The van der Waals surface area contributed by atoms with Crippen molar-refractivity contribution in [3.05, 3.63) is 41.5 Å². The summed E-state index contributed by atoms with van der Waals surface area (Å²) in [6, 6.07) is 8.65. The van der Waals surface area contributed by atoms with Crippen molar-refractivity contribution in [2.24, 2.45) is 5.92 Å². The van der Waals surface area contributed by atoms with E-state index in [1.165, 1.54) is 16.7 Å². The maximum atomic E-state index is 11.1. The van der Waals surface area contributed by atoms with Gasteiger partial charge in [-0.15, -0.1) is 0 Å². The number of benzene rings is 1. The zero-order chi connectivity index (χ0) is 11.5. The number of Topliss-reactive ketones (excluding diaryl/α,β-unsaturated/α-hetero) is 1. The van der Waals surface area contributed by atoms with Crippen molar-refractivity contribution in [1.82, 2.24) is 0 Å². The van der Waals surface area contributed by atoms with Crippen LogP contribution >= 0.6 is 0 Å². The molecular weight excluding hydrogens is 196 g/mol. The van der Waals surface area contributed by atoms with Crippen LogP contribution in [0.5, 0.6) is 0 Å². The first-order valence-electron chi connectivity index (χ1n) is 5.90. The minimum atomic E-state index is 0.309. The SMILES string of the molecule is CC(=O)CC1CC=C(c2ccc(C)cc2)C1. The lowest BCUT2D eigenvalue weighted by Crippen LogP contribution is -2.01. The van der Waals surface area contributed by atoms with Crippen molar-refractivity contribution >= 4 is 11.4 Å². The first-order valence-corrected chi connectivity index (χ1v) is 5.90. The van der Waals surface area contributed by atoms with Crippen molar-refractivity contribution in [2.45, 2.75) is 33.1 Å². The number of hydrogen-bond acceptors (Lipinski definition) is 1. The fraction of sp³-hybridized carbons (Fsp3) is 0.400. The molecule has 0 radical (unpaired) electrons. The zero-order valence-corrected chi connectivity index (χ0v) is 9.99. The molecule has 0 bridgehead atoms. The summed E-state index contributed by atoms with van der Waals surface area (Å²) in [6.45, 7) is 3.79. The van der Waals surface area contributed by atoms with E-state index in [2.05, 4.69) is 37.3 Å². The Morgan fingerprint density at radius 3 is 2.62 bits per heavy atom. The van der Waals surface area contributed by atoms with E-state index in [4.69, 9.17) is 0 Å². The maximum absolute atomic E-state index is 11.1. The van der Waals surface area contributed by atoms with Gasteiger partial charge in [0, 0.05) is 6.42 Å². The van der Waals surface area contributed by atoms with E-state index < -0.39 is 0 Å². The van der Waals surface area contributed by atoms with Crippen LogP contribution in [0.1, 0.15) is 37.3 Å². The highest BCUT2D eigenvalue weighted by Gasteiger charge is 2.19. The van der Waals surface area contributed by atoms with E-state index in [0.717, 1.165) is 19.3 Å². The molecule has 0 N–H and O–H groups in total. The van der Waals surface area contributed by atoms with Crippen LogP contribution in [0.25, 0.3) is 5.57 Å². The van der Waals surface area contributed by atoms with Gasteiger partial charge in [0.25, 0.3) is 0 Å². The first-order chi connectivity index (χ1) is 7.65. The maximum Gasteiger partial charge on any atom is 0.130 e. The Balaban J connectivity index is 2.03. The molecule has 0 saturated heterocycles. The Kier molecular flexibility index (Phi) is 3.23. The quantitative estimate of drug-likeness (QED) is 0.748. The minimum absolute atomic E-state index is 0.309. The lowest BCUT2D eigenvalue weighted by Gasteiger charge is -2.08. The summed E-state index contributed by atoms with van der Waals surface area (Å²) in [5.74, 6) is 0.845. The topological polar surface area (TPSA) is 17.1 Å². The van der Waals surface area contributed by atoms with Crippen molar-refractivity contribution in [2.75, 3.05) is 0 Å². The third-order valence-electron chi connectivity index (χ3n) is 3.20. The third kappa shape index (κ3) is 2.60. The van der Waals surface area contributed by atoms with Crippen molar-refractivity contribution in [3.8, 4) is 0 Å². The van der Waals surface area contributed by atoms with Gasteiger partial charge in [0.15, 0.2) is 0 Å². The monoisotopic (exact) mass is 214 g/mol. The van der Waals surface area contributed by atoms with Crippen molar-refractivity contribution in [3.63, 3.8) is 0 Å². The molecule has 1 aliphatic carbocycles. The van der Waals surface area contributed by atoms with Gasteiger partial charge in [-0.3, -0.25) is 0 Å². The molecule has 16 heavy (non-hydrogen) atoms. The van der Waals surface area contributed by atoms with Gasteiger partial charge in [0.05, 0.1) is 0 Å². The lowest BCUT2D eigenvalue weighted by molar-refractivity contribution is -0.117. The van der Waals surface area contributed by atoms with E-state index in [1.54, 1.807) is 6.92 Å². The molecule has 0 fully saturated rings. The molecule has 0 saturated carbocycles. The minimum Gasteiger partial charge on any atom is -0.300 e. The lowest BCUT2D eigenvalue weighted by atomic mass is 9.96. The summed E-state index contributed by atoms with van der Waals surface area (Å²) >= 11 is 0. The molecule has 1 heteroatoms. The van der Waals surface area contributed by atoms with E-state index in [-0.39, 0.29) is 0 Å². The Morgan fingerprint density at radius 1 is 1.31 bits per heavy atom. The number of rotatable bonds is 3. The number of carbonyl (C=O) groups excluding carboxylic acids is 1. The second-order valence-corrected chi connectivity index (χ2v) is 4.81. The van der Waals surface area contributed by atoms with Gasteiger partial charge in [-0.1, -0.05) is 35.9 Å². The Morgan fingerprint density at radius 2 is 2.00 bits per heavy atom. The van der Waals surface area contributed by atoms with Crippen LogP contribution in [0.15, 0.2) is 30.3 Å². The summed E-state index contributed by atoms with van der Waals surface area (Å²) < 4.78 is 0. The normalized spacial score (nSPS) is 19.6. The van der Waals surface area contributed by atoms with E-state index in [9.17, 15) is 4.79 Å².